The van der Waals surface area contributed by atoms with Crippen molar-refractivity contribution in [2.24, 2.45) is 0 Å². The molecule has 0 aliphatic rings. The van der Waals surface area contributed by atoms with E-state index in [1.54, 1.807) is 36.4 Å². The molecule has 6 heteroatoms. The van der Waals surface area contributed by atoms with Crippen molar-refractivity contribution in [1.82, 2.24) is 4.98 Å². The summed E-state index contributed by atoms with van der Waals surface area (Å²) in [6, 6.07) is 10.3. The third-order valence-corrected chi connectivity index (χ3v) is 3.50. The number of benzene rings is 2. The van der Waals surface area contributed by atoms with Crippen molar-refractivity contribution in [3.05, 3.63) is 52.3 Å². The lowest BCUT2D eigenvalue weighted by Gasteiger charge is -2.12. The van der Waals surface area contributed by atoms with Crippen LogP contribution in [0.3, 0.4) is 0 Å². The Bertz CT molecular complexity index is 801. The first-order valence-corrected chi connectivity index (χ1v) is 7.06. The zero-order chi connectivity index (χ0) is 15.0. The van der Waals surface area contributed by atoms with Gasteiger partial charge in [0.1, 0.15) is 11.3 Å². The molecule has 4 nitrogen and oxygen atoms in total. The standard InChI is InChI=1S/C15H12Cl2N2O2/c1-8(20-13-4-2-9(16)6-11(13)17)15-19-12-7-10(18)3-5-14(12)21-15/h2-8H,18H2,1H3. The Morgan fingerprint density at radius 2 is 2.00 bits per heavy atom. The molecule has 2 aromatic carbocycles. The predicted octanol–water partition coefficient (Wildman–Crippen LogP) is 4.86. The second-order valence-corrected chi connectivity index (χ2v) is 5.46. The van der Waals surface area contributed by atoms with E-state index in [0.717, 1.165) is 0 Å². The quantitative estimate of drug-likeness (QED) is 0.699. The van der Waals surface area contributed by atoms with Crippen LogP contribution >= 0.6 is 23.2 Å². The molecule has 1 heterocycles. The van der Waals surface area contributed by atoms with Crippen LogP contribution in [-0.2, 0) is 0 Å². The molecule has 108 valence electrons. The summed E-state index contributed by atoms with van der Waals surface area (Å²) in [5.41, 5.74) is 7.72. The summed E-state index contributed by atoms with van der Waals surface area (Å²) in [6.07, 6.45) is -0.391. The van der Waals surface area contributed by atoms with E-state index in [1.807, 2.05) is 6.92 Å². The van der Waals surface area contributed by atoms with Gasteiger partial charge in [0.25, 0.3) is 0 Å². The number of halogens is 2. The lowest BCUT2D eigenvalue weighted by molar-refractivity contribution is 0.192. The van der Waals surface area contributed by atoms with Crippen LogP contribution in [0, 0.1) is 0 Å². The molecule has 0 fully saturated rings. The average molecular weight is 323 g/mol. The number of hydrogen-bond acceptors (Lipinski definition) is 4. The van der Waals surface area contributed by atoms with Gasteiger partial charge in [-0.05, 0) is 43.3 Å². The fraction of sp³-hybridized carbons (Fsp3) is 0.133. The summed E-state index contributed by atoms with van der Waals surface area (Å²) in [7, 11) is 0. The summed E-state index contributed by atoms with van der Waals surface area (Å²) < 4.78 is 11.4. The van der Waals surface area contributed by atoms with Gasteiger partial charge in [0, 0.05) is 10.7 Å². The van der Waals surface area contributed by atoms with Gasteiger partial charge in [-0.3, -0.25) is 0 Å². The largest absolute Gasteiger partial charge is 0.479 e. The number of nitrogens with two attached hydrogens (primary N) is 1. The highest BCUT2D eigenvalue weighted by Crippen LogP contribution is 2.32. The molecule has 0 saturated heterocycles. The van der Waals surface area contributed by atoms with Crippen molar-refractivity contribution in [2.45, 2.75) is 13.0 Å². The van der Waals surface area contributed by atoms with Gasteiger partial charge < -0.3 is 14.9 Å². The van der Waals surface area contributed by atoms with Crippen molar-refractivity contribution < 1.29 is 9.15 Å². The Morgan fingerprint density at radius 1 is 1.19 bits per heavy atom. The summed E-state index contributed by atoms with van der Waals surface area (Å²) >= 11 is 11.9. The van der Waals surface area contributed by atoms with Gasteiger partial charge in [0.15, 0.2) is 11.7 Å². The number of nitrogen functional groups attached to an aromatic ring is 1. The minimum Gasteiger partial charge on any atom is -0.479 e. The fourth-order valence-corrected chi connectivity index (χ4v) is 2.40. The maximum Gasteiger partial charge on any atom is 0.236 e. The molecule has 0 bridgehead atoms. The van der Waals surface area contributed by atoms with Crippen molar-refractivity contribution in [3.63, 3.8) is 0 Å². The van der Waals surface area contributed by atoms with E-state index in [-0.39, 0.29) is 0 Å². The van der Waals surface area contributed by atoms with Crippen molar-refractivity contribution >= 4 is 40.0 Å². The molecular formula is C15H12Cl2N2O2. The van der Waals surface area contributed by atoms with E-state index in [9.17, 15) is 0 Å². The summed E-state index contributed by atoms with van der Waals surface area (Å²) in [5, 5.41) is 0.993. The molecule has 0 saturated carbocycles. The fourth-order valence-electron chi connectivity index (χ4n) is 1.95. The lowest BCUT2D eigenvalue weighted by Crippen LogP contribution is -2.03. The highest BCUT2D eigenvalue weighted by molar-refractivity contribution is 6.35. The first-order chi connectivity index (χ1) is 10.0. The Balaban J connectivity index is 1.87. The lowest BCUT2D eigenvalue weighted by atomic mass is 10.3. The third kappa shape index (κ3) is 2.91. The molecule has 21 heavy (non-hydrogen) atoms. The first-order valence-electron chi connectivity index (χ1n) is 6.30. The maximum atomic E-state index is 6.08. The molecule has 1 aromatic heterocycles. The molecule has 3 aromatic rings. The van der Waals surface area contributed by atoms with Crippen LogP contribution in [-0.4, -0.2) is 4.98 Å². The van der Waals surface area contributed by atoms with Gasteiger partial charge in [-0.25, -0.2) is 4.98 Å². The summed E-state index contributed by atoms with van der Waals surface area (Å²) in [4.78, 5) is 4.38. The number of oxazole rings is 1. The van der Waals surface area contributed by atoms with E-state index in [2.05, 4.69) is 4.98 Å². The van der Waals surface area contributed by atoms with Crippen LogP contribution in [0.4, 0.5) is 5.69 Å². The normalized spacial score (nSPS) is 12.5. The molecule has 0 spiro atoms. The first kappa shape index (κ1) is 14.0. The van der Waals surface area contributed by atoms with Crippen LogP contribution < -0.4 is 10.5 Å². The van der Waals surface area contributed by atoms with Crippen LogP contribution in [0.1, 0.15) is 18.9 Å². The van der Waals surface area contributed by atoms with Crippen LogP contribution in [0.25, 0.3) is 11.1 Å². The highest BCUT2D eigenvalue weighted by atomic mass is 35.5. The zero-order valence-corrected chi connectivity index (χ0v) is 12.7. The van der Waals surface area contributed by atoms with Gasteiger partial charge in [0.2, 0.25) is 5.89 Å². The predicted molar refractivity (Wildman–Crippen MR) is 83.9 cm³/mol. The minimum absolute atomic E-state index is 0.391. The molecule has 0 amide bonds. The van der Waals surface area contributed by atoms with Gasteiger partial charge in [0.05, 0.1) is 5.02 Å². The van der Waals surface area contributed by atoms with E-state index in [4.69, 9.17) is 38.1 Å². The van der Waals surface area contributed by atoms with Gasteiger partial charge >= 0.3 is 0 Å². The molecule has 0 aliphatic heterocycles. The third-order valence-electron chi connectivity index (χ3n) is 2.97. The van der Waals surface area contributed by atoms with E-state index < -0.39 is 6.10 Å². The molecule has 0 aliphatic carbocycles. The second kappa shape index (κ2) is 5.47. The number of fused-ring (bicyclic) bond motifs is 1. The van der Waals surface area contributed by atoms with E-state index in [1.165, 1.54) is 0 Å². The van der Waals surface area contributed by atoms with E-state index in [0.29, 0.717) is 38.5 Å². The Hall–Kier alpha value is -1.91. The molecule has 2 N–H and O–H groups in total. The van der Waals surface area contributed by atoms with Gasteiger partial charge in [-0.2, -0.15) is 0 Å². The summed E-state index contributed by atoms with van der Waals surface area (Å²) in [5.74, 6) is 0.983. The molecule has 0 radical (unpaired) electrons. The monoisotopic (exact) mass is 322 g/mol. The van der Waals surface area contributed by atoms with Crippen LogP contribution in [0.2, 0.25) is 10.0 Å². The van der Waals surface area contributed by atoms with Gasteiger partial charge in [-0.1, -0.05) is 23.2 Å². The molecule has 1 unspecified atom stereocenters. The average Bonchev–Trinajstić information content (AvgIpc) is 2.85. The van der Waals surface area contributed by atoms with E-state index >= 15 is 0 Å². The zero-order valence-electron chi connectivity index (χ0n) is 11.1. The Morgan fingerprint density at radius 3 is 2.76 bits per heavy atom. The molecular weight excluding hydrogens is 311 g/mol. The smallest absolute Gasteiger partial charge is 0.236 e. The van der Waals surface area contributed by atoms with Crippen molar-refractivity contribution in [3.8, 4) is 5.75 Å². The van der Waals surface area contributed by atoms with Crippen molar-refractivity contribution in [2.75, 3.05) is 5.73 Å². The number of aromatic nitrogens is 1. The highest BCUT2D eigenvalue weighted by Gasteiger charge is 2.16. The van der Waals surface area contributed by atoms with Crippen molar-refractivity contribution in [1.29, 1.82) is 0 Å². The number of ether oxygens (including phenoxy) is 1. The number of nitrogens with zero attached hydrogens (tertiary/aromatic N) is 1. The maximum absolute atomic E-state index is 6.08. The minimum atomic E-state index is -0.391. The Labute approximate surface area is 131 Å². The second-order valence-electron chi connectivity index (χ2n) is 4.61. The number of hydrogen-bond donors (Lipinski definition) is 1. The van der Waals surface area contributed by atoms with Gasteiger partial charge in [-0.15, -0.1) is 0 Å². The molecule has 3 rings (SSSR count). The SMILES string of the molecule is CC(Oc1ccc(Cl)cc1Cl)c1nc2cc(N)ccc2o1. The summed E-state index contributed by atoms with van der Waals surface area (Å²) in [6.45, 7) is 1.83. The van der Waals surface area contributed by atoms with Crippen LogP contribution in [0.15, 0.2) is 40.8 Å². The van der Waals surface area contributed by atoms with Crippen LogP contribution in [0.5, 0.6) is 5.75 Å². The topological polar surface area (TPSA) is 61.3 Å². The molecule has 1 atom stereocenters. The Kier molecular flexibility index (Phi) is 3.66. The number of rotatable bonds is 3. The number of anilines is 1.